The highest BCUT2D eigenvalue weighted by atomic mass is 35.5. The fourth-order valence-electron chi connectivity index (χ4n) is 1.77. The molecule has 2 aromatic rings. The Kier molecular flexibility index (Phi) is 4.23. The van der Waals surface area contributed by atoms with Crippen molar-refractivity contribution in [3.63, 3.8) is 0 Å². The van der Waals surface area contributed by atoms with Crippen molar-refractivity contribution in [3.8, 4) is 17.4 Å². The van der Waals surface area contributed by atoms with Crippen molar-refractivity contribution < 1.29 is 14.8 Å². The van der Waals surface area contributed by atoms with Crippen LogP contribution in [-0.2, 0) is 0 Å². The summed E-state index contributed by atoms with van der Waals surface area (Å²) < 4.78 is 5.43. The molecule has 2 rings (SSSR count). The molecule has 1 N–H and O–H groups in total. The number of nitro benzene ring substituents is 1. The van der Waals surface area contributed by atoms with E-state index in [1.54, 1.807) is 12.1 Å². The second-order valence-electron chi connectivity index (χ2n) is 4.57. The van der Waals surface area contributed by atoms with Crippen LogP contribution in [0.2, 0.25) is 5.15 Å². The maximum atomic E-state index is 11.1. The van der Waals surface area contributed by atoms with Crippen LogP contribution in [-0.4, -0.2) is 20.2 Å². The van der Waals surface area contributed by atoms with Gasteiger partial charge in [0.2, 0.25) is 5.75 Å². The lowest BCUT2D eigenvalue weighted by molar-refractivity contribution is -0.385. The molecule has 0 aliphatic carbocycles. The zero-order chi connectivity index (χ0) is 15.6. The molecule has 1 aromatic carbocycles. The van der Waals surface area contributed by atoms with Gasteiger partial charge in [0, 0.05) is 17.7 Å². The second-order valence-corrected chi connectivity index (χ2v) is 4.95. The van der Waals surface area contributed by atoms with Crippen LogP contribution in [0.4, 0.5) is 5.69 Å². The number of rotatable bonds is 4. The summed E-state index contributed by atoms with van der Waals surface area (Å²) in [6.07, 6.45) is 0. The van der Waals surface area contributed by atoms with Gasteiger partial charge < -0.3 is 9.84 Å². The highest BCUT2D eigenvalue weighted by Crippen LogP contribution is 2.39. The second kappa shape index (κ2) is 5.92. The molecule has 0 fully saturated rings. The third kappa shape index (κ3) is 3.19. The van der Waals surface area contributed by atoms with E-state index >= 15 is 0 Å². The summed E-state index contributed by atoms with van der Waals surface area (Å²) in [5, 5.41) is 28.0. The molecule has 0 radical (unpaired) electrons. The summed E-state index contributed by atoms with van der Waals surface area (Å²) >= 11 is 5.59. The van der Waals surface area contributed by atoms with Gasteiger partial charge in [-0.15, -0.1) is 10.2 Å². The number of hydrogen-bond acceptors (Lipinski definition) is 6. The maximum Gasteiger partial charge on any atom is 0.311 e. The minimum absolute atomic E-state index is 0.00788. The van der Waals surface area contributed by atoms with Crippen LogP contribution in [0.5, 0.6) is 17.4 Å². The molecule has 0 aliphatic rings. The molecule has 110 valence electrons. The van der Waals surface area contributed by atoms with Gasteiger partial charge in [0.05, 0.1) is 4.92 Å². The number of nitro groups is 1. The molecule has 1 heterocycles. The fourth-order valence-corrected chi connectivity index (χ4v) is 1.91. The lowest BCUT2D eigenvalue weighted by Crippen LogP contribution is -2.01. The normalized spacial score (nSPS) is 10.7. The fraction of sp³-hybridized carbons (Fsp3) is 0.231. The minimum Gasteiger partial charge on any atom is -0.503 e. The van der Waals surface area contributed by atoms with Crippen molar-refractivity contribution >= 4 is 17.3 Å². The van der Waals surface area contributed by atoms with Crippen LogP contribution in [0.25, 0.3) is 0 Å². The van der Waals surface area contributed by atoms with E-state index < -0.39 is 4.92 Å². The van der Waals surface area contributed by atoms with Crippen molar-refractivity contribution in [3.05, 3.63) is 45.1 Å². The van der Waals surface area contributed by atoms with Crippen LogP contribution in [0.3, 0.4) is 0 Å². The molecule has 0 saturated heterocycles. The van der Waals surface area contributed by atoms with E-state index in [0.717, 1.165) is 6.07 Å². The molecule has 0 saturated carbocycles. The first kappa shape index (κ1) is 15.0. The Morgan fingerprint density at radius 2 is 2.10 bits per heavy atom. The number of nitrogens with zero attached hydrogens (tertiary/aromatic N) is 3. The first-order valence-electron chi connectivity index (χ1n) is 6.07. The maximum absolute atomic E-state index is 11.1. The SMILES string of the molecule is CC(C)c1cccc([N+](=O)[O-])c1Oc1nnc(Cl)cc1O. The lowest BCUT2D eigenvalue weighted by atomic mass is 10.0. The van der Waals surface area contributed by atoms with E-state index in [1.165, 1.54) is 6.07 Å². The molecule has 0 amide bonds. The van der Waals surface area contributed by atoms with Crippen LogP contribution in [0.1, 0.15) is 25.3 Å². The van der Waals surface area contributed by atoms with Crippen molar-refractivity contribution in [2.45, 2.75) is 19.8 Å². The number of halogens is 1. The Morgan fingerprint density at radius 3 is 2.67 bits per heavy atom. The van der Waals surface area contributed by atoms with Gasteiger partial charge in [-0.2, -0.15) is 0 Å². The van der Waals surface area contributed by atoms with Gasteiger partial charge in [-0.25, -0.2) is 0 Å². The average Bonchev–Trinajstić information content (AvgIpc) is 2.41. The van der Waals surface area contributed by atoms with Gasteiger partial charge in [0.1, 0.15) is 0 Å². The Bertz CT molecular complexity index is 691. The molecule has 0 bridgehead atoms. The molecular formula is C13H12ClN3O4. The molecule has 0 aliphatic heterocycles. The van der Waals surface area contributed by atoms with Gasteiger partial charge in [-0.1, -0.05) is 37.6 Å². The summed E-state index contributed by atoms with van der Waals surface area (Å²) in [5.74, 6) is -0.565. The van der Waals surface area contributed by atoms with Gasteiger partial charge in [-0.3, -0.25) is 10.1 Å². The Balaban J connectivity index is 2.53. The van der Waals surface area contributed by atoms with Crippen molar-refractivity contribution in [1.29, 1.82) is 0 Å². The van der Waals surface area contributed by atoms with E-state index in [4.69, 9.17) is 16.3 Å². The topological polar surface area (TPSA) is 98.4 Å². The Labute approximate surface area is 125 Å². The van der Waals surface area contributed by atoms with Gasteiger partial charge >= 0.3 is 5.69 Å². The summed E-state index contributed by atoms with van der Waals surface area (Å²) in [4.78, 5) is 10.6. The molecule has 0 spiro atoms. The van der Waals surface area contributed by atoms with E-state index in [-0.39, 0.29) is 34.1 Å². The molecule has 0 unspecified atom stereocenters. The first-order valence-corrected chi connectivity index (χ1v) is 6.45. The predicted molar refractivity (Wildman–Crippen MR) is 76.0 cm³/mol. The largest absolute Gasteiger partial charge is 0.503 e. The molecule has 8 heteroatoms. The van der Waals surface area contributed by atoms with E-state index in [9.17, 15) is 15.2 Å². The first-order chi connectivity index (χ1) is 9.90. The molecule has 21 heavy (non-hydrogen) atoms. The van der Waals surface area contributed by atoms with Crippen molar-refractivity contribution in [2.24, 2.45) is 0 Å². The molecule has 1 aromatic heterocycles. The minimum atomic E-state index is -0.554. The number of aromatic nitrogens is 2. The summed E-state index contributed by atoms with van der Waals surface area (Å²) in [6, 6.07) is 5.76. The van der Waals surface area contributed by atoms with Gasteiger partial charge in [0.15, 0.2) is 10.9 Å². The van der Waals surface area contributed by atoms with E-state index in [0.29, 0.717) is 5.56 Å². The van der Waals surface area contributed by atoms with Crippen LogP contribution in [0, 0.1) is 10.1 Å². The van der Waals surface area contributed by atoms with E-state index in [2.05, 4.69) is 10.2 Å². The smallest absolute Gasteiger partial charge is 0.311 e. The van der Waals surface area contributed by atoms with Crippen LogP contribution in [0.15, 0.2) is 24.3 Å². The number of ether oxygens (including phenoxy) is 1. The lowest BCUT2D eigenvalue weighted by Gasteiger charge is -2.13. The number of hydrogen-bond donors (Lipinski definition) is 1. The predicted octanol–water partition coefficient (Wildman–Crippen LogP) is 3.66. The van der Waals surface area contributed by atoms with Crippen molar-refractivity contribution in [2.75, 3.05) is 0 Å². The quantitative estimate of drug-likeness (QED) is 0.683. The Hall–Kier alpha value is -2.41. The highest BCUT2D eigenvalue weighted by molar-refractivity contribution is 6.29. The standard InChI is InChI=1S/C13H12ClN3O4/c1-7(2)8-4-3-5-9(17(19)20)12(8)21-13-10(18)6-11(14)15-16-13/h3-7H,1-2H3,(H,15,18). The summed E-state index contributed by atoms with van der Waals surface area (Å²) in [7, 11) is 0. The van der Waals surface area contributed by atoms with Crippen LogP contribution >= 0.6 is 11.6 Å². The third-order valence-corrected chi connectivity index (χ3v) is 2.94. The monoisotopic (exact) mass is 309 g/mol. The molecular weight excluding hydrogens is 298 g/mol. The average molecular weight is 310 g/mol. The molecule has 7 nitrogen and oxygen atoms in total. The molecule has 0 atom stereocenters. The van der Waals surface area contributed by atoms with Gasteiger partial charge in [0.25, 0.3) is 5.88 Å². The zero-order valence-corrected chi connectivity index (χ0v) is 12.0. The number of aromatic hydroxyl groups is 1. The number of benzene rings is 1. The Morgan fingerprint density at radius 1 is 1.38 bits per heavy atom. The van der Waals surface area contributed by atoms with Crippen LogP contribution < -0.4 is 4.74 Å². The third-order valence-electron chi connectivity index (χ3n) is 2.75. The summed E-state index contributed by atoms with van der Waals surface area (Å²) in [5.41, 5.74) is 0.415. The number of para-hydroxylation sites is 1. The zero-order valence-electron chi connectivity index (χ0n) is 11.3. The van der Waals surface area contributed by atoms with Crippen molar-refractivity contribution in [1.82, 2.24) is 10.2 Å². The van der Waals surface area contributed by atoms with E-state index in [1.807, 2.05) is 13.8 Å². The summed E-state index contributed by atoms with van der Waals surface area (Å²) in [6.45, 7) is 3.75. The highest BCUT2D eigenvalue weighted by Gasteiger charge is 2.23. The van der Waals surface area contributed by atoms with Gasteiger partial charge in [-0.05, 0) is 5.92 Å².